The molecule has 25 heavy (non-hydrogen) atoms. The van der Waals surface area contributed by atoms with E-state index in [4.69, 9.17) is 0 Å². The number of benzene rings is 1. The van der Waals surface area contributed by atoms with Gasteiger partial charge in [0.15, 0.2) is 0 Å². The number of urea groups is 1. The number of carbonyl (C=O) groups excluding carboxylic acids is 1. The second kappa shape index (κ2) is 8.07. The molecule has 6 nitrogen and oxygen atoms in total. The first-order chi connectivity index (χ1) is 12.1. The Morgan fingerprint density at radius 1 is 1.36 bits per heavy atom. The Morgan fingerprint density at radius 3 is 2.92 bits per heavy atom. The van der Waals surface area contributed by atoms with Crippen LogP contribution in [0.2, 0.25) is 0 Å². The number of carbonyl (C=O) groups is 1. The number of aliphatic hydroxyl groups excluding tert-OH is 1. The second-order valence-electron chi connectivity index (χ2n) is 6.41. The average molecular weight is 340 g/mol. The Balaban J connectivity index is 1.56. The fraction of sp³-hybridized carbons (Fsp3) is 0.421. The number of hydrogen-bond acceptors (Lipinski definition) is 4. The predicted molar refractivity (Wildman–Crippen MR) is 94.8 cm³/mol. The molecule has 1 saturated heterocycles. The fourth-order valence-electron chi connectivity index (χ4n) is 3.29. The molecule has 0 bridgehead atoms. The molecule has 0 radical (unpaired) electrons. The molecule has 2 atom stereocenters. The number of likely N-dealkylation sites (tertiary alicyclic amines) is 1. The minimum atomic E-state index is -0.552. The highest BCUT2D eigenvalue weighted by Crippen LogP contribution is 2.27. The Labute approximate surface area is 147 Å². The van der Waals surface area contributed by atoms with Crippen molar-refractivity contribution >= 4 is 6.03 Å². The summed E-state index contributed by atoms with van der Waals surface area (Å²) in [6.45, 7) is 2.93. The van der Waals surface area contributed by atoms with E-state index in [0.717, 1.165) is 30.6 Å². The van der Waals surface area contributed by atoms with Crippen molar-refractivity contribution in [2.75, 3.05) is 6.54 Å². The quantitative estimate of drug-likeness (QED) is 0.877. The normalized spacial score (nSPS) is 18.2. The number of aryl methyl sites for hydroxylation is 1. The van der Waals surface area contributed by atoms with E-state index in [1.165, 1.54) is 0 Å². The van der Waals surface area contributed by atoms with Crippen LogP contribution in [0.25, 0.3) is 0 Å². The third-order valence-corrected chi connectivity index (χ3v) is 4.57. The summed E-state index contributed by atoms with van der Waals surface area (Å²) in [5.41, 5.74) is 1.69. The molecule has 0 spiro atoms. The first-order valence-corrected chi connectivity index (χ1v) is 8.69. The van der Waals surface area contributed by atoms with Crippen LogP contribution in [0.1, 0.15) is 42.4 Å². The van der Waals surface area contributed by atoms with Gasteiger partial charge in [-0.25, -0.2) is 14.8 Å². The van der Waals surface area contributed by atoms with Crippen molar-refractivity contribution in [3.8, 4) is 0 Å². The van der Waals surface area contributed by atoms with Gasteiger partial charge < -0.3 is 15.3 Å². The van der Waals surface area contributed by atoms with Crippen LogP contribution >= 0.6 is 0 Å². The number of nitrogens with one attached hydrogen (secondary N) is 1. The molecule has 2 amide bonds. The van der Waals surface area contributed by atoms with Gasteiger partial charge in [-0.1, -0.05) is 30.3 Å². The van der Waals surface area contributed by atoms with E-state index >= 15 is 0 Å². The van der Waals surface area contributed by atoms with Crippen molar-refractivity contribution in [3.63, 3.8) is 0 Å². The maximum atomic E-state index is 12.5. The lowest BCUT2D eigenvalue weighted by atomic mass is 10.0. The minimum Gasteiger partial charge on any atom is -0.388 e. The zero-order chi connectivity index (χ0) is 17.6. The highest BCUT2D eigenvalue weighted by molar-refractivity contribution is 5.74. The van der Waals surface area contributed by atoms with Gasteiger partial charge in [-0.15, -0.1) is 0 Å². The molecule has 0 aliphatic carbocycles. The van der Waals surface area contributed by atoms with Crippen molar-refractivity contribution in [2.45, 2.75) is 44.9 Å². The van der Waals surface area contributed by atoms with Crippen molar-refractivity contribution in [3.05, 3.63) is 59.7 Å². The number of nitrogens with zero attached hydrogens (tertiary/aromatic N) is 3. The Kier molecular flexibility index (Phi) is 5.60. The van der Waals surface area contributed by atoms with E-state index in [2.05, 4.69) is 15.3 Å². The molecule has 6 heteroatoms. The van der Waals surface area contributed by atoms with E-state index in [0.29, 0.717) is 18.8 Å². The molecule has 3 rings (SSSR count). The molecule has 1 aliphatic heterocycles. The summed E-state index contributed by atoms with van der Waals surface area (Å²) < 4.78 is 0. The van der Waals surface area contributed by atoms with Gasteiger partial charge in [0, 0.05) is 18.8 Å². The summed E-state index contributed by atoms with van der Waals surface area (Å²) in [5.74, 6) is 0.691. The zero-order valence-corrected chi connectivity index (χ0v) is 14.4. The Hall–Kier alpha value is -2.47. The number of aromatic nitrogens is 2. The molecule has 2 heterocycles. The summed E-state index contributed by atoms with van der Waals surface area (Å²) in [7, 11) is 0. The molecule has 0 saturated carbocycles. The molecule has 1 fully saturated rings. The SMILES string of the molecule is Cc1nccc(CNC(=O)N2CCC[C@@H]2C[C@@H](O)c2ccccc2)n1. The van der Waals surface area contributed by atoms with Crippen LogP contribution in [-0.2, 0) is 6.54 Å². The Morgan fingerprint density at radius 2 is 2.16 bits per heavy atom. The minimum absolute atomic E-state index is 0.0577. The second-order valence-corrected chi connectivity index (χ2v) is 6.41. The van der Waals surface area contributed by atoms with Gasteiger partial charge in [-0.3, -0.25) is 0 Å². The smallest absolute Gasteiger partial charge is 0.317 e. The highest BCUT2D eigenvalue weighted by atomic mass is 16.3. The standard InChI is InChI=1S/C19H24N4O2/c1-14-20-10-9-16(22-14)13-21-19(25)23-11-5-8-17(23)12-18(24)15-6-3-2-4-7-15/h2-4,6-7,9-10,17-18,24H,5,8,11-13H2,1H3,(H,21,25)/t17-,18-/m1/s1. The summed E-state index contributed by atoms with van der Waals surface area (Å²) in [6, 6.07) is 11.4. The monoisotopic (exact) mass is 340 g/mol. The lowest BCUT2D eigenvalue weighted by Crippen LogP contribution is -2.43. The molecule has 2 aromatic rings. The number of aliphatic hydroxyl groups is 1. The molecule has 2 N–H and O–H groups in total. The highest BCUT2D eigenvalue weighted by Gasteiger charge is 2.30. The van der Waals surface area contributed by atoms with Crippen LogP contribution in [-0.4, -0.2) is 38.6 Å². The van der Waals surface area contributed by atoms with Gasteiger partial charge >= 0.3 is 6.03 Å². The maximum Gasteiger partial charge on any atom is 0.317 e. The van der Waals surface area contributed by atoms with Gasteiger partial charge in [0.05, 0.1) is 18.3 Å². The molecular weight excluding hydrogens is 316 g/mol. The molecule has 1 aliphatic rings. The van der Waals surface area contributed by atoms with E-state index in [-0.39, 0.29) is 12.1 Å². The van der Waals surface area contributed by atoms with Gasteiger partial charge in [-0.2, -0.15) is 0 Å². The number of hydrogen-bond donors (Lipinski definition) is 2. The van der Waals surface area contributed by atoms with Gasteiger partial charge in [-0.05, 0) is 37.8 Å². The first kappa shape index (κ1) is 17.4. The maximum absolute atomic E-state index is 12.5. The van der Waals surface area contributed by atoms with Gasteiger partial charge in [0.2, 0.25) is 0 Å². The van der Waals surface area contributed by atoms with Crippen molar-refractivity contribution in [2.24, 2.45) is 0 Å². The average Bonchev–Trinajstić information content (AvgIpc) is 3.08. The third kappa shape index (κ3) is 4.54. The Bertz CT molecular complexity index is 708. The van der Waals surface area contributed by atoms with E-state index < -0.39 is 6.10 Å². The first-order valence-electron chi connectivity index (χ1n) is 8.69. The fourth-order valence-corrected chi connectivity index (χ4v) is 3.29. The van der Waals surface area contributed by atoms with E-state index in [9.17, 15) is 9.90 Å². The number of rotatable bonds is 5. The summed E-state index contributed by atoms with van der Waals surface area (Å²) in [4.78, 5) is 22.7. The molecule has 1 aromatic carbocycles. The van der Waals surface area contributed by atoms with Crippen molar-refractivity contribution in [1.29, 1.82) is 0 Å². The van der Waals surface area contributed by atoms with E-state index in [1.807, 2.05) is 42.2 Å². The molecule has 0 unspecified atom stereocenters. The summed E-state index contributed by atoms with van der Waals surface area (Å²) in [6.07, 6.45) is 3.59. The van der Waals surface area contributed by atoms with Crippen LogP contribution in [0.4, 0.5) is 4.79 Å². The van der Waals surface area contributed by atoms with Crippen LogP contribution < -0.4 is 5.32 Å². The molecule has 132 valence electrons. The molecule has 1 aromatic heterocycles. The zero-order valence-electron chi connectivity index (χ0n) is 14.4. The third-order valence-electron chi connectivity index (χ3n) is 4.57. The van der Waals surface area contributed by atoms with Crippen LogP contribution in [0, 0.1) is 6.92 Å². The van der Waals surface area contributed by atoms with Crippen LogP contribution in [0.3, 0.4) is 0 Å². The van der Waals surface area contributed by atoms with Gasteiger partial charge in [0.1, 0.15) is 5.82 Å². The topological polar surface area (TPSA) is 78.4 Å². The largest absolute Gasteiger partial charge is 0.388 e. The van der Waals surface area contributed by atoms with Gasteiger partial charge in [0.25, 0.3) is 0 Å². The molecular formula is C19H24N4O2. The van der Waals surface area contributed by atoms with Crippen molar-refractivity contribution < 1.29 is 9.90 Å². The van der Waals surface area contributed by atoms with E-state index in [1.54, 1.807) is 12.3 Å². The van der Waals surface area contributed by atoms with Crippen LogP contribution in [0.15, 0.2) is 42.6 Å². The van der Waals surface area contributed by atoms with Crippen LogP contribution in [0.5, 0.6) is 0 Å². The van der Waals surface area contributed by atoms with Crippen molar-refractivity contribution in [1.82, 2.24) is 20.2 Å². The number of amides is 2. The predicted octanol–water partition coefficient (Wildman–Crippen LogP) is 2.58. The lowest BCUT2D eigenvalue weighted by Gasteiger charge is -2.27. The summed E-state index contributed by atoms with van der Waals surface area (Å²) >= 11 is 0. The lowest BCUT2D eigenvalue weighted by molar-refractivity contribution is 0.126. The summed E-state index contributed by atoms with van der Waals surface area (Å²) in [5, 5.41) is 13.4.